The highest BCUT2D eigenvalue weighted by Crippen LogP contribution is 2.32. The number of hydrogen-bond donors (Lipinski definition) is 1. The lowest BCUT2D eigenvalue weighted by molar-refractivity contribution is 0.415. The second-order valence-electron chi connectivity index (χ2n) is 4.21. The Morgan fingerprint density at radius 3 is 2.44 bits per heavy atom. The van der Waals surface area contributed by atoms with E-state index in [9.17, 15) is 0 Å². The molecule has 0 spiro atoms. The zero-order chi connectivity index (χ0) is 13.1. The number of benzene rings is 1. The number of ether oxygens (including phenoxy) is 1. The van der Waals surface area contributed by atoms with E-state index < -0.39 is 0 Å². The first-order chi connectivity index (χ1) is 8.65. The summed E-state index contributed by atoms with van der Waals surface area (Å²) in [4.78, 5) is 0. The Balaban J connectivity index is 2.55. The van der Waals surface area contributed by atoms with Gasteiger partial charge in [-0.3, -0.25) is 0 Å². The van der Waals surface area contributed by atoms with Crippen molar-refractivity contribution in [2.45, 2.75) is 13.8 Å². The smallest absolute Gasteiger partial charge is 0.148 e. The van der Waals surface area contributed by atoms with Crippen molar-refractivity contribution in [1.82, 2.24) is 10.2 Å². The fourth-order valence-corrected chi connectivity index (χ4v) is 2.02. The maximum absolute atomic E-state index is 5.43. The van der Waals surface area contributed by atoms with Crippen LogP contribution in [0.2, 0.25) is 0 Å². The lowest BCUT2D eigenvalue weighted by Crippen LogP contribution is -1.98. The first kappa shape index (κ1) is 12.4. The summed E-state index contributed by atoms with van der Waals surface area (Å²) in [5.41, 5.74) is 4.13. The summed E-state index contributed by atoms with van der Waals surface area (Å²) in [6.07, 6.45) is 0. The van der Waals surface area contributed by atoms with Crippen LogP contribution in [0.25, 0.3) is 11.3 Å². The number of nitrogens with zero attached hydrogens (tertiary/aromatic N) is 2. The third-order valence-corrected chi connectivity index (χ3v) is 2.84. The molecule has 1 aromatic carbocycles. The van der Waals surface area contributed by atoms with E-state index in [-0.39, 0.29) is 0 Å². The number of anilines is 1. The Morgan fingerprint density at radius 2 is 1.89 bits per heavy atom. The Morgan fingerprint density at radius 1 is 1.11 bits per heavy atom. The molecule has 0 fully saturated rings. The van der Waals surface area contributed by atoms with Crippen LogP contribution in [0, 0.1) is 13.8 Å². The van der Waals surface area contributed by atoms with Crippen LogP contribution in [0.4, 0.5) is 5.82 Å². The number of aromatic nitrogens is 2. The molecular formula is C14H17N3O. The van der Waals surface area contributed by atoms with Gasteiger partial charge in [0.05, 0.1) is 12.8 Å². The highest BCUT2D eigenvalue weighted by atomic mass is 16.5. The maximum atomic E-state index is 5.43. The number of nitrogens with one attached hydrogen (secondary N) is 1. The van der Waals surface area contributed by atoms with E-state index in [1.165, 1.54) is 5.56 Å². The SMILES string of the molecule is CNc1ccc(-c2c(C)cc(C)cc2OC)nn1. The summed E-state index contributed by atoms with van der Waals surface area (Å²) >= 11 is 0. The van der Waals surface area contributed by atoms with E-state index in [2.05, 4.69) is 35.4 Å². The van der Waals surface area contributed by atoms with Crippen molar-refractivity contribution in [3.63, 3.8) is 0 Å². The van der Waals surface area contributed by atoms with E-state index in [0.29, 0.717) is 0 Å². The summed E-state index contributed by atoms with van der Waals surface area (Å²) < 4.78 is 5.43. The molecule has 2 rings (SSSR count). The normalized spacial score (nSPS) is 10.2. The summed E-state index contributed by atoms with van der Waals surface area (Å²) in [6, 6.07) is 7.97. The second kappa shape index (κ2) is 5.04. The summed E-state index contributed by atoms with van der Waals surface area (Å²) in [5, 5.41) is 11.3. The van der Waals surface area contributed by atoms with Crippen LogP contribution in [-0.4, -0.2) is 24.4 Å². The molecule has 0 unspecified atom stereocenters. The van der Waals surface area contributed by atoms with E-state index in [0.717, 1.165) is 28.4 Å². The molecule has 0 aliphatic rings. The average Bonchev–Trinajstić information content (AvgIpc) is 2.38. The topological polar surface area (TPSA) is 47.0 Å². The monoisotopic (exact) mass is 243 g/mol. The first-order valence-corrected chi connectivity index (χ1v) is 5.82. The van der Waals surface area contributed by atoms with Gasteiger partial charge in [-0.25, -0.2) is 0 Å². The van der Waals surface area contributed by atoms with Crippen molar-refractivity contribution in [2.75, 3.05) is 19.5 Å². The molecule has 0 saturated heterocycles. The van der Waals surface area contributed by atoms with Crippen LogP contribution in [0.15, 0.2) is 24.3 Å². The third-order valence-electron chi connectivity index (χ3n) is 2.84. The average molecular weight is 243 g/mol. The number of methoxy groups -OCH3 is 1. The predicted molar refractivity (Wildman–Crippen MR) is 73.0 cm³/mol. The quantitative estimate of drug-likeness (QED) is 0.900. The van der Waals surface area contributed by atoms with Gasteiger partial charge in [-0.05, 0) is 43.2 Å². The minimum Gasteiger partial charge on any atom is -0.496 e. The van der Waals surface area contributed by atoms with Gasteiger partial charge >= 0.3 is 0 Å². The molecule has 2 aromatic rings. The molecule has 0 radical (unpaired) electrons. The molecule has 0 bridgehead atoms. The zero-order valence-electron chi connectivity index (χ0n) is 11.1. The molecule has 18 heavy (non-hydrogen) atoms. The molecule has 0 aliphatic carbocycles. The number of aryl methyl sites for hydroxylation is 2. The summed E-state index contributed by atoms with van der Waals surface area (Å²) in [5.74, 6) is 1.58. The molecule has 4 heteroatoms. The second-order valence-corrected chi connectivity index (χ2v) is 4.21. The molecule has 0 aliphatic heterocycles. The van der Waals surface area contributed by atoms with Crippen molar-refractivity contribution in [3.05, 3.63) is 35.4 Å². The first-order valence-electron chi connectivity index (χ1n) is 5.82. The number of hydrogen-bond acceptors (Lipinski definition) is 4. The van der Waals surface area contributed by atoms with Crippen molar-refractivity contribution in [1.29, 1.82) is 0 Å². The van der Waals surface area contributed by atoms with Gasteiger partial charge in [0, 0.05) is 12.6 Å². The van der Waals surface area contributed by atoms with Crippen LogP contribution < -0.4 is 10.1 Å². The lowest BCUT2D eigenvalue weighted by atomic mass is 10.0. The van der Waals surface area contributed by atoms with Crippen LogP contribution in [0.3, 0.4) is 0 Å². The van der Waals surface area contributed by atoms with Gasteiger partial charge in [0.2, 0.25) is 0 Å². The molecule has 4 nitrogen and oxygen atoms in total. The van der Waals surface area contributed by atoms with Gasteiger partial charge < -0.3 is 10.1 Å². The van der Waals surface area contributed by atoms with Crippen LogP contribution in [0.5, 0.6) is 5.75 Å². The zero-order valence-corrected chi connectivity index (χ0v) is 11.1. The predicted octanol–water partition coefficient (Wildman–Crippen LogP) is 2.81. The largest absolute Gasteiger partial charge is 0.496 e. The van der Waals surface area contributed by atoms with E-state index in [1.807, 2.05) is 25.2 Å². The van der Waals surface area contributed by atoms with Crippen molar-refractivity contribution in [2.24, 2.45) is 0 Å². The van der Waals surface area contributed by atoms with E-state index in [4.69, 9.17) is 4.74 Å². The number of rotatable bonds is 3. The van der Waals surface area contributed by atoms with Gasteiger partial charge in [-0.15, -0.1) is 10.2 Å². The van der Waals surface area contributed by atoms with E-state index >= 15 is 0 Å². The minimum atomic E-state index is 0.752. The Hall–Kier alpha value is -2.10. The van der Waals surface area contributed by atoms with Gasteiger partial charge in [0.1, 0.15) is 11.6 Å². The highest BCUT2D eigenvalue weighted by molar-refractivity contribution is 5.71. The van der Waals surface area contributed by atoms with Gasteiger partial charge in [0.15, 0.2) is 0 Å². The molecule has 94 valence electrons. The van der Waals surface area contributed by atoms with Crippen molar-refractivity contribution in [3.8, 4) is 17.0 Å². The Kier molecular flexibility index (Phi) is 3.46. The molecule has 0 amide bonds. The fourth-order valence-electron chi connectivity index (χ4n) is 2.02. The maximum Gasteiger partial charge on any atom is 0.148 e. The third kappa shape index (κ3) is 2.27. The molecular weight excluding hydrogens is 226 g/mol. The van der Waals surface area contributed by atoms with Crippen molar-refractivity contribution >= 4 is 5.82 Å². The lowest BCUT2D eigenvalue weighted by Gasteiger charge is -2.12. The van der Waals surface area contributed by atoms with E-state index in [1.54, 1.807) is 7.11 Å². The van der Waals surface area contributed by atoms with Gasteiger partial charge in [0.25, 0.3) is 0 Å². The van der Waals surface area contributed by atoms with Crippen molar-refractivity contribution < 1.29 is 4.74 Å². The van der Waals surface area contributed by atoms with Crippen LogP contribution >= 0.6 is 0 Å². The van der Waals surface area contributed by atoms with Crippen LogP contribution in [-0.2, 0) is 0 Å². The highest BCUT2D eigenvalue weighted by Gasteiger charge is 2.11. The summed E-state index contributed by atoms with van der Waals surface area (Å²) in [6.45, 7) is 4.10. The fraction of sp³-hybridized carbons (Fsp3) is 0.286. The minimum absolute atomic E-state index is 0.752. The van der Waals surface area contributed by atoms with Gasteiger partial charge in [-0.2, -0.15) is 0 Å². The Bertz CT molecular complexity index is 550. The summed E-state index contributed by atoms with van der Waals surface area (Å²) in [7, 11) is 3.49. The Labute approximate surface area is 107 Å². The standard InChI is InChI=1S/C14H17N3O/c1-9-7-10(2)14(12(8-9)18-4)11-5-6-13(15-3)17-16-11/h5-8H,1-4H3,(H,15,17). The molecule has 0 atom stereocenters. The molecule has 1 aromatic heterocycles. The van der Waals surface area contributed by atoms with Crippen LogP contribution in [0.1, 0.15) is 11.1 Å². The molecule has 1 N–H and O–H groups in total. The molecule has 1 heterocycles. The van der Waals surface area contributed by atoms with Gasteiger partial charge in [-0.1, -0.05) is 6.07 Å². The molecule has 0 saturated carbocycles.